The molecule has 0 bridgehead atoms. The van der Waals surface area contributed by atoms with E-state index in [1.54, 1.807) is 35.0 Å². The summed E-state index contributed by atoms with van der Waals surface area (Å²) in [5.74, 6) is 0.360. The standard InChI is InChI=1S/C31H51N5O5S2/c1-10-22(12-13-23(11-2)34-30(39)40-17-25-15-32-19-43-25)14-26(37)27(21(5)41-31(6,7)8)35-29(38)36(9)16-24-18-42-28(33-24)20(3)4/h15,18-23,27H,10-14,16-17H2,1-9H3,(H,34,39)(H,35,38). The van der Waals surface area contributed by atoms with E-state index in [2.05, 4.69) is 41.4 Å². The van der Waals surface area contributed by atoms with E-state index in [9.17, 15) is 14.4 Å². The Bertz CT molecular complexity index is 1130. The van der Waals surface area contributed by atoms with Gasteiger partial charge < -0.3 is 25.0 Å². The minimum Gasteiger partial charge on any atom is -0.444 e. The SMILES string of the molecule is CCC(CCC(CC)NC(=O)OCc1cncs1)CC(=O)C(NC(=O)N(C)Cc1csc(C(C)C)n1)C(C)OC(C)(C)C. The van der Waals surface area contributed by atoms with Crippen LogP contribution >= 0.6 is 22.7 Å². The van der Waals surface area contributed by atoms with Crippen molar-refractivity contribution in [1.82, 2.24) is 25.5 Å². The molecule has 0 aliphatic carbocycles. The van der Waals surface area contributed by atoms with Gasteiger partial charge in [-0.05, 0) is 52.9 Å². The first-order valence-corrected chi connectivity index (χ1v) is 16.9. The molecule has 0 radical (unpaired) electrons. The van der Waals surface area contributed by atoms with Gasteiger partial charge in [0.1, 0.15) is 12.6 Å². The summed E-state index contributed by atoms with van der Waals surface area (Å²) in [6.45, 7) is 16.4. The summed E-state index contributed by atoms with van der Waals surface area (Å²) in [4.78, 5) is 50.3. The van der Waals surface area contributed by atoms with E-state index in [0.717, 1.165) is 41.3 Å². The number of carbonyl (C=O) groups is 3. The maximum absolute atomic E-state index is 13.7. The zero-order chi connectivity index (χ0) is 32.2. The molecule has 0 fully saturated rings. The molecule has 0 aromatic carbocycles. The minimum absolute atomic E-state index is 0.0627. The number of hydrogen-bond acceptors (Lipinski definition) is 9. The molecule has 2 heterocycles. The van der Waals surface area contributed by atoms with E-state index in [-0.39, 0.29) is 30.4 Å². The molecule has 4 unspecified atom stereocenters. The molecule has 0 aliphatic rings. The fourth-order valence-corrected chi connectivity index (χ4v) is 5.97. The average Bonchev–Trinajstić information content (AvgIpc) is 3.63. The highest BCUT2D eigenvalue weighted by Crippen LogP contribution is 2.23. The summed E-state index contributed by atoms with van der Waals surface area (Å²) in [5.41, 5.74) is 2.04. The van der Waals surface area contributed by atoms with Crippen LogP contribution < -0.4 is 10.6 Å². The molecule has 43 heavy (non-hydrogen) atoms. The Labute approximate surface area is 265 Å². The Balaban J connectivity index is 1.99. The van der Waals surface area contributed by atoms with Crippen LogP contribution in [0.2, 0.25) is 0 Å². The van der Waals surface area contributed by atoms with E-state index in [4.69, 9.17) is 9.47 Å². The van der Waals surface area contributed by atoms with Crippen molar-refractivity contribution in [3.8, 4) is 0 Å². The maximum atomic E-state index is 13.7. The number of ketones is 1. The van der Waals surface area contributed by atoms with Crippen molar-refractivity contribution >= 4 is 40.6 Å². The van der Waals surface area contributed by atoms with Crippen LogP contribution in [-0.4, -0.2) is 63.6 Å². The van der Waals surface area contributed by atoms with Crippen molar-refractivity contribution in [2.75, 3.05) is 7.05 Å². The van der Waals surface area contributed by atoms with Crippen LogP contribution in [0.3, 0.4) is 0 Å². The van der Waals surface area contributed by atoms with E-state index < -0.39 is 23.8 Å². The fourth-order valence-electron chi connectivity index (χ4n) is 4.64. The second-order valence-electron chi connectivity index (χ2n) is 12.4. The number of ether oxygens (including phenoxy) is 2. The van der Waals surface area contributed by atoms with Gasteiger partial charge in [-0.2, -0.15) is 0 Å². The number of amides is 3. The predicted octanol–water partition coefficient (Wildman–Crippen LogP) is 6.91. The second kappa shape index (κ2) is 17.7. The highest BCUT2D eigenvalue weighted by Gasteiger charge is 2.32. The Morgan fingerprint density at radius 1 is 1.05 bits per heavy atom. The van der Waals surface area contributed by atoms with Crippen LogP contribution in [0.15, 0.2) is 17.1 Å². The number of urea groups is 1. The van der Waals surface area contributed by atoms with Crippen LogP contribution in [-0.2, 0) is 27.4 Å². The normalized spacial score (nSPS) is 14.6. The van der Waals surface area contributed by atoms with Crippen molar-refractivity contribution in [2.45, 2.75) is 130 Å². The van der Waals surface area contributed by atoms with Crippen molar-refractivity contribution < 1.29 is 23.9 Å². The Hall–Kier alpha value is -2.57. The number of hydrogen-bond donors (Lipinski definition) is 2. The molecule has 0 saturated carbocycles. The summed E-state index contributed by atoms with van der Waals surface area (Å²) in [5, 5.41) is 8.90. The number of alkyl carbamates (subject to hydrolysis) is 1. The van der Waals surface area contributed by atoms with E-state index in [1.165, 1.54) is 11.3 Å². The number of nitrogens with one attached hydrogen (secondary N) is 2. The molecule has 2 aromatic heterocycles. The summed E-state index contributed by atoms with van der Waals surface area (Å²) >= 11 is 3.03. The molecule has 0 saturated heterocycles. The predicted molar refractivity (Wildman–Crippen MR) is 172 cm³/mol. The van der Waals surface area contributed by atoms with Gasteiger partial charge in [-0.3, -0.25) is 9.78 Å². The Morgan fingerprint density at radius 2 is 1.77 bits per heavy atom. The molecular formula is C31H51N5O5S2. The summed E-state index contributed by atoms with van der Waals surface area (Å²) in [6.07, 6.45) is 4.04. The molecule has 242 valence electrons. The molecule has 0 spiro atoms. The van der Waals surface area contributed by atoms with Gasteiger partial charge in [0, 0.05) is 37.0 Å². The fraction of sp³-hybridized carbons (Fsp3) is 0.710. The van der Waals surface area contributed by atoms with Gasteiger partial charge >= 0.3 is 12.1 Å². The molecule has 3 amide bonds. The molecular weight excluding hydrogens is 587 g/mol. The number of carbonyl (C=O) groups excluding carboxylic acids is 3. The van der Waals surface area contributed by atoms with Crippen molar-refractivity contribution in [3.63, 3.8) is 0 Å². The summed E-state index contributed by atoms with van der Waals surface area (Å²) < 4.78 is 11.5. The quantitative estimate of drug-likeness (QED) is 0.193. The second-order valence-corrected chi connectivity index (χ2v) is 14.2. The zero-order valence-electron chi connectivity index (χ0n) is 27.3. The van der Waals surface area contributed by atoms with Gasteiger partial charge in [-0.1, -0.05) is 34.1 Å². The smallest absolute Gasteiger partial charge is 0.407 e. The van der Waals surface area contributed by atoms with Gasteiger partial charge in [-0.25, -0.2) is 14.6 Å². The van der Waals surface area contributed by atoms with Crippen LogP contribution in [0.4, 0.5) is 9.59 Å². The van der Waals surface area contributed by atoms with Gasteiger partial charge in [0.05, 0.1) is 39.3 Å². The third-order valence-corrected chi connectivity index (χ3v) is 9.03. The summed E-state index contributed by atoms with van der Waals surface area (Å²) in [7, 11) is 1.70. The van der Waals surface area contributed by atoms with Gasteiger partial charge in [0.25, 0.3) is 0 Å². The lowest BCUT2D eigenvalue weighted by atomic mass is 9.89. The lowest BCUT2D eigenvalue weighted by Crippen LogP contribution is -2.53. The first-order chi connectivity index (χ1) is 20.2. The topological polar surface area (TPSA) is 123 Å². The maximum Gasteiger partial charge on any atom is 0.407 e. The molecule has 0 aliphatic heterocycles. The molecule has 2 rings (SSSR count). The van der Waals surface area contributed by atoms with E-state index >= 15 is 0 Å². The van der Waals surface area contributed by atoms with Gasteiger partial charge in [-0.15, -0.1) is 22.7 Å². The lowest BCUT2D eigenvalue weighted by molar-refractivity contribution is -0.129. The van der Waals surface area contributed by atoms with Crippen LogP contribution in [0.1, 0.15) is 109 Å². The number of rotatable bonds is 17. The monoisotopic (exact) mass is 637 g/mol. The van der Waals surface area contributed by atoms with Gasteiger partial charge in [0.15, 0.2) is 5.78 Å². The first-order valence-electron chi connectivity index (χ1n) is 15.2. The van der Waals surface area contributed by atoms with Crippen LogP contribution in [0.25, 0.3) is 0 Å². The largest absolute Gasteiger partial charge is 0.444 e. The number of aromatic nitrogens is 2. The molecule has 2 N–H and O–H groups in total. The Morgan fingerprint density at radius 3 is 2.33 bits per heavy atom. The van der Waals surface area contributed by atoms with E-state index in [0.29, 0.717) is 18.9 Å². The van der Waals surface area contributed by atoms with Crippen molar-refractivity contribution in [1.29, 1.82) is 0 Å². The molecule has 10 nitrogen and oxygen atoms in total. The van der Waals surface area contributed by atoms with Gasteiger partial charge in [0.2, 0.25) is 0 Å². The molecule has 4 atom stereocenters. The van der Waals surface area contributed by atoms with Crippen LogP contribution in [0.5, 0.6) is 0 Å². The average molecular weight is 638 g/mol. The zero-order valence-corrected chi connectivity index (χ0v) is 28.9. The number of Topliss-reactive ketones (excluding diaryl/α,β-unsaturated/α-hetero) is 1. The first kappa shape index (κ1) is 36.6. The molecule has 12 heteroatoms. The van der Waals surface area contributed by atoms with E-state index in [1.807, 2.05) is 40.0 Å². The van der Waals surface area contributed by atoms with Crippen LogP contribution in [0, 0.1) is 5.92 Å². The third kappa shape index (κ3) is 13.3. The third-order valence-electron chi connectivity index (χ3n) is 7.08. The van der Waals surface area contributed by atoms with Crippen molar-refractivity contribution in [2.24, 2.45) is 5.92 Å². The number of thiazole rings is 2. The lowest BCUT2D eigenvalue weighted by Gasteiger charge is -2.32. The highest BCUT2D eigenvalue weighted by molar-refractivity contribution is 7.09. The number of nitrogens with zero attached hydrogens (tertiary/aromatic N) is 3. The Kier molecular flexibility index (Phi) is 15.0. The highest BCUT2D eigenvalue weighted by atomic mass is 32.1. The molecule has 2 aromatic rings. The minimum atomic E-state index is -0.799. The van der Waals surface area contributed by atoms with Crippen molar-refractivity contribution in [3.05, 3.63) is 32.7 Å². The summed E-state index contributed by atoms with van der Waals surface area (Å²) in [6, 6.07) is -1.21.